The molecule has 20 heavy (non-hydrogen) atoms. The summed E-state index contributed by atoms with van der Waals surface area (Å²) in [5.74, 6) is -3.18. The van der Waals surface area contributed by atoms with Crippen LogP contribution in [0.5, 0.6) is 0 Å². The summed E-state index contributed by atoms with van der Waals surface area (Å²) in [5, 5.41) is 11.7. The van der Waals surface area contributed by atoms with Crippen molar-refractivity contribution in [2.75, 3.05) is 16.8 Å². The van der Waals surface area contributed by atoms with Gasteiger partial charge in [-0.2, -0.15) is 0 Å². The Morgan fingerprint density at radius 3 is 2.55 bits per heavy atom. The summed E-state index contributed by atoms with van der Waals surface area (Å²) in [6.45, 7) is 2.96. The van der Waals surface area contributed by atoms with Crippen molar-refractivity contribution in [3.8, 4) is 0 Å². The van der Waals surface area contributed by atoms with Gasteiger partial charge in [-0.15, -0.1) is 0 Å². The molecule has 2 unspecified atom stereocenters. The number of nitrogens with zero attached hydrogens (tertiary/aromatic N) is 1. The Hall–Kier alpha value is -2.37. The number of rotatable bonds is 3. The third-order valence-electron chi connectivity index (χ3n) is 3.57. The smallest absolute Gasteiger partial charge is 0.307 e. The Kier molecular flexibility index (Phi) is 3.74. The number of anilines is 2. The van der Waals surface area contributed by atoms with E-state index in [0.717, 1.165) is 0 Å². The molecular weight excluding hydrogens is 260 g/mol. The molecule has 0 aliphatic carbocycles. The minimum Gasteiger partial charge on any atom is -0.481 e. The fourth-order valence-corrected chi connectivity index (χ4v) is 2.10. The number of carbonyl (C=O) groups excluding carboxylic acids is 2. The van der Waals surface area contributed by atoms with Crippen LogP contribution in [0.3, 0.4) is 0 Å². The summed E-state index contributed by atoms with van der Waals surface area (Å²) < 4.78 is 0. The number of hydrogen-bond acceptors (Lipinski definition) is 3. The second-order valence-electron chi connectivity index (χ2n) is 4.91. The van der Waals surface area contributed by atoms with Gasteiger partial charge in [0.15, 0.2) is 0 Å². The van der Waals surface area contributed by atoms with Crippen LogP contribution in [0, 0.1) is 11.8 Å². The summed E-state index contributed by atoms with van der Waals surface area (Å²) >= 11 is 0. The Labute approximate surface area is 116 Å². The van der Waals surface area contributed by atoms with E-state index in [2.05, 4.69) is 5.32 Å². The normalized spacial score (nSPS) is 16.9. The Morgan fingerprint density at radius 1 is 1.25 bits per heavy atom. The van der Waals surface area contributed by atoms with E-state index in [1.807, 2.05) is 0 Å². The molecule has 1 aliphatic heterocycles. The van der Waals surface area contributed by atoms with E-state index in [0.29, 0.717) is 11.4 Å². The van der Waals surface area contributed by atoms with Crippen LogP contribution in [0.15, 0.2) is 24.3 Å². The standard InChI is InChI=1S/C14H16N2O4/c1-8(9(2)14(19)20)13(18)16-7-12(17)15-10-5-3-4-6-11(10)16/h3-6,8-9H,7H2,1-2H3,(H,15,17)(H,19,20). The molecule has 1 aliphatic rings. The molecule has 0 bridgehead atoms. The highest BCUT2D eigenvalue weighted by atomic mass is 16.4. The molecule has 0 radical (unpaired) electrons. The van der Waals surface area contributed by atoms with E-state index < -0.39 is 17.8 Å². The maximum absolute atomic E-state index is 12.4. The topological polar surface area (TPSA) is 86.7 Å². The number of amides is 2. The predicted molar refractivity (Wildman–Crippen MR) is 73.4 cm³/mol. The second kappa shape index (κ2) is 5.32. The Morgan fingerprint density at radius 2 is 1.90 bits per heavy atom. The number of fused-ring (bicyclic) bond motifs is 1. The molecule has 6 heteroatoms. The van der Waals surface area contributed by atoms with Gasteiger partial charge in [-0.1, -0.05) is 26.0 Å². The highest BCUT2D eigenvalue weighted by Gasteiger charge is 2.33. The minimum absolute atomic E-state index is 0.0907. The van der Waals surface area contributed by atoms with Gasteiger partial charge in [0.05, 0.1) is 17.3 Å². The number of carboxylic acids is 1. The molecular formula is C14H16N2O4. The van der Waals surface area contributed by atoms with Crippen LogP contribution in [0.1, 0.15) is 13.8 Å². The van der Waals surface area contributed by atoms with Gasteiger partial charge in [0, 0.05) is 5.92 Å². The van der Waals surface area contributed by atoms with Crippen molar-refractivity contribution in [1.82, 2.24) is 0 Å². The zero-order valence-corrected chi connectivity index (χ0v) is 11.3. The fraction of sp³-hybridized carbons (Fsp3) is 0.357. The molecule has 2 N–H and O–H groups in total. The van der Waals surface area contributed by atoms with Gasteiger partial charge in [0.1, 0.15) is 6.54 Å². The lowest BCUT2D eigenvalue weighted by Crippen LogP contribution is -2.46. The van der Waals surface area contributed by atoms with Crippen LogP contribution in [0.2, 0.25) is 0 Å². The average molecular weight is 276 g/mol. The molecule has 0 spiro atoms. The zero-order chi connectivity index (χ0) is 14.9. The van der Waals surface area contributed by atoms with Crippen LogP contribution < -0.4 is 10.2 Å². The van der Waals surface area contributed by atoms with Crippen LogP contribution in [0.25, 0.3) is 0 Å². The molecule has 1 aromatic carbocycles. The highest BCUT2D eigenvalue weighted by molar-refractivity contribution is 6.10. The van der Waals surface area contributed by atoms with Gasteiger partial charge in [-0.05, 0) is 12.1 Å². The second-order valence-corrected chi connectivity index (χ2v) is 4.91. The van der Waals surface area contributed by atoms with Gasteiger partial charge in [-0.3, -0.25) is 14.4 Å². The predicted octanol–water partition coefficient (Wildman–Crippen LogP) is 1.33. The van der Waals surface area contributed by atoms with E-state index in [-0.39, 0.29) is 18.4 Å². The van der Waals surface area contributed by atoms with E-state index >= 15 is 0 Å². The van der Waals surface area contributed by atoms with Crippen molar-refractivity contribution < 1.29 is 19.5 Å². The number of benzene rings is 1. The molecule has 2 amide bonds. The minimum atomic E-state index is -1.03. The monoisotopic (exact) mass is 276 g/mol. The molecule has 6 nitrogen and oxygen atoms in total. The lowest BCUT2D eigenvalue weighted by atomic mass is 9.94. The third kappa shape index (κ3) is 2.49. The molecule has 0 aromatic heterocycles. The third-order valence-corrected chi connectivity index (χ3v) is 3.57. The summed E-state index contributed by atoms with van der Waals surface area (Å²) in [5.41, 5.74) is 1.16. The van der Waals surface area contributed by atoms with Gasteiger partial charge < -0.3 is 15.3 Å². The maximum Gasteiger partial charge on any atom is 0.307 e. The Bertz CT molecular complexity index is 570. The van der Waals surface area contributed by atoms with Gasteiger partial charge in [-0.25, -0.2) is 0 Å². The van der Waals surface area contributed by atoms with E-state index in [4.69, 9.17) is 5.11 Å². The summed E-state index contributed by atoms with van der Waals surface area (Å²) in [6, 6.07) is 6.96. The van der Waals surface area contributed by atoms with Crippen LogP contribution >= 0.6 is 0 Å². The van der Waals surface area contributed by atoms with Crippen molar-refractivity contribution in [3.63, 3.8) is 0 Å². The Balaban J connectivity index is 2.31. The molecule has 0 saturated heterocycles. The number of hydrogen-bond donors (Lipinski definition) is 2. The molecule has 2 atom stereocenters. The first-order valence-electron chi connectivity index (χ1n) is 6.35. The SMILES string of the molecule is CC(C(=O)O)C(C)C(=O)N1CC(=O)Nc2ccccc21. The fourth-order valence-electron chi connectivity index (χ4n) is 2.10. The summed E-state index contributed by atoms with van der Waals surface area (Å²) in [7, 11) is 0. The summed E-state index contributed by atoms with van der Waals surface area (Å²) in [4.78, 5) is 36.4. The maximum atomic E-state index is 12.4. The van der Waals surface area contributed by atoms with Crippen LogP contribution in [-0.4, -0.2) is 29.4 Å². The average Bonchev–Trinajstić information content (AvgIpc) is 2.43. The number of carboxylic acid groups (broad SMARTS) is 1. The van der Waals surface area contributed by atoms with E-state index in [1.54, 1.807) is 31.2 Å². The molecule has 2 rings (SSSR count). The molecule has 1 heterocycles. The van der Waals surface area contributed by atoms with E-state index in [9.17, 15) is 14.4 Å². The molecule has 0 saturated carbocycles. The van der Waals surface area contributed by atoms with Gasteiger partial charge in [0.2, 0.25) is 11.8 Å². The lowest BCUT2D eigenvalue weighted by Gasteiger charge is -2.31. The largest absolute Gasteiger partial charge is 0.481 e. The van der Waals surface area contributed by atoms with Crippen molar-refractivity contribution in [1.29, 1.82) is 0 Å². The zero-order valence-electron chi connectivity index (χ0n) is 11.3. The number of nitrogens with one attached hydrogen (secondary N) is 1. The van der Waals surface area contributed by atoms with Crippen molar-refractivity contribution >= 4 is 29.2 Å². The first-order chi connectivity index (χ1) is 9.41. The summed E-state index contributed by atoms with van der Waals surface area (Å²) in [6.07, 6.45) is 0. The quantitative estimate of drug-likeness (QED) is 0.872. The number of carbonyl (C=O) groups is 3. The lowest BCUT2D eigenvalue weighted by molar-refractivity contribution is -0.145. The van der Waals surface area contributed by atoms with Crippen LogP contribution in [0.4, 0.5) is 11.4 Å². The number of para-hydroxylation sites is 2. The molecule has 0 fully saturated rings. The van der Waals surface area contributed by atoms with Gasteiger partial charge >= 0.3 is 5.97 Å². The molecule has 106 valence electrons. The highest BCUT2D eigenvalue weighted by Crippen LogP contribution is 2.30. The molecule has 1 aromatic rings. The van der Waals surface area contributed by atoms with E-state index in [1.165, 1.54) is 11.8 Å². The van der Waals surface area contributed by atoms with Crippen LogP contribution in [-0.2, 0) is 14.4 Å². The number of aliphatic carboxylic acids is 1. The first-order valence-corrected chi connectivity index (χ1v) is 6.35. The van der Waals surface area contributed by atoms with Crippen molar-refractivity contribution in [2.45, 2.75) is 13.8 Å². The first kappa shape index (κ1) is 14.0. The van der Waals surface area contributed by atoms with Crippen molar-refractivity contribution in [3.05, 3.63) is 24.3 Å². The van der Waals surface area contributed by atoms with Crippen molar-refractivity contribution in [2.24, 2.45) is 11.8 Å². The van der Waals surface area contributed by atoms with Gasteiger partial charge in [0.25, 0.3) is 0 Å².